The number of aliphatic hydroxyl groups is 1. The van der Waals surface area contributed by atoms with Gasteiger partial charge in [-0.25, -0.2) is 14.4 Å². The van der Waals surface area contributed by atoms with Gasteiger partial charge < -0.3 is 26.2 Å². The summed E-state index contributed by atoms with van der Waals surface area (Å²) in [5.41, 5.74) is 0.157. The summed E-state index contributed by atoms with van der Waals surface area (Å²) in [6.07, 6.45) is -3.23. The highest BCUT2D eigenvalue weighted by Crippen LogP contribution is 2.47. The smallest absolute Gasteiger partial charge is 0.424 e. The number of nitrogens with one attached hydrogen (secondary N) is 2. The highest BCUT2D eigenvalue weighted by atomic mass is 32.1. The van der Waals surface area contributed by atoms with Crippen molar-refractivity contribution in [2.75, 3.05) is 18.5 Å². The van der Waals surface area contributed by atoms with Gasteiger partial charge in [0.2, 0.25) is 11.5 Å². The van der Waals surface area contributed by atoms with Crippen molar-refractivity contribution < 1.29 is 37.0 Å². The second-order valence-corrected chi connectivity index (χ2v) is 11.9. The van der Waals surface area contributed by atoms with Crippen LogP contribution >= 0.6 is 11.3 Å². The Morgan fingerprint density at radius 3 is 2.51 bits per heavy atom. The first-order valence-electron chi connectivity index (χ1n) is 13.3. The monoisotopic (exact) mass is 615 g/mol. The number of rotatable bonds is 8. The lowest BCUT2D eigenvalue weighted by atomic mass is 9.81. The van der Waals surface area contributed by atoms with Gasteiger partial charge in [0.05, 0.1) is 22.5 Å². The number of nitrogens with two attached hydrogens (primary N) is 1. The predicted octanol–water partition coefficient (Wildman–Crippen LogP) is 4.39. The lowest BCUT2D eigenvalue weighted by Gasteiger charge is -2.31. The molecule has 0 bridgehead atoms. The molecule has 14 heteroatoms. The van der Waals surface area contributed by atoms with E-state index >= 15 is 0 Å². The van der Waals surface area contributed by atoms with E-state index in [0.29, 0.717) is 21.4 Å². The number of benzene rings is 2. The van der Waals surface area contributed by atoms with Gasteiger partial charge in [0.15, 0.2) is 5.13 Å². The average Bonchev–Trinajstić information content (AvgIpc) is 3.58. The molecule has 1 saturated carbocycles. The number of carbonyl (C=O) groups excluding carboxylic acids is 2. The summed E-state index contributed by atoms with van der Waals surface area (Å²) in [5, 5.41) is 17.3. The van der Waals surface area contributed by atoms with Gasteiger partial charge in [-0.3, -0.25) is 9.59 Å². The zero-order valence-corrected chi connectivity index (χ0v) is 23.4. The molecule has 2 aromatic carbocycles. The molecular formula is C29H25F4N5O4S. The Bertz CT molecular complexity index is 1760. The maximum Gasteiger partial charge on any atom is 0.424 e. The third kappa shape index (κ3) is 5.14. The summed E-state index contributed by atoms with van der Waals surface area (Å²) in [6.45, 7) is -0.182. The van der Waals surface area contributed by atoms with Crippen LogP contribution in [0.4, 0.5) is 22.7 Å². The van der Waals surface area contributed by atoms with Crippen LogP contribution in [0.25, 0.3) is 21.5 Å². The molecule has 1 aliphatic carbocycles. The molecule has 1 unspecified atom stereocenters. The first-order valence-corrected chi connectivity index (χ1v) is 14.1. The third-order valence-corrected chi connectivity index (χ3v) is 8.64. The fraction of sp³-hybridized carbons (Fsp3) is 0.310. The van der Waals surface area contributed by atoms with E-state index in [4.69, 9.17) is 10.5 Å². The van der Waals surface area contributed by atoms with Gasteiger partial charge in [-0.1, -0.05) is 11.3 Å². The quantitative estimate of drug-likeness (QED) is 0.216. The second-order valence-electron chi connectivity index (χ2n) is 10.9. The zero-order chi connectivity index (χ0) is 30.7. The van der Waals surface area contributed by atoms with Crippen molar-refractivity contribution in [2.45, 2.75) is 43.0 Å². The number of hydrogen-bond donors (Lipinski definition) is 4. The minimum absolute atomic E-state index is 0.0152. The molecule has 5 N–H and O–H groups in total. The van der Waals surface area contributed by atoms with Crippen molar-refractivity contribution >= 4 is 38.5 Å². The number of aromatic nitrogens is 2. The number of anilines is 1. The van der Waals surface area contributed by atoms with Crippen molar-refractivity contribution in [2.24, 2.45) is 5.73 Å². The standard InChI is InChI=1S/C29H25F4N5O4S/c1-27(25(34)40)13-42-23-18(27)11-21(38-22(23)14-2-5-16(30)6-3-14)28(41,29(31,32)33)12-35-24(39)15-4-9-19-20(10-15)43-26(37-19)36-17-7-8-17/h2-6,9-11,17,41H,7-8,12-13H2,1H3,(H2,34,40)(H,35,39)(H,36,37)/t27-,28?/m0/s1. The van der Waals surface area contributed by atoms with Crippen molar-refractivity contribution in [3.05, 3.63) is 71.2 Å². The molecule has 2 aromatic heterocycles. The molecule has 224 valence electrons. The number of thiazole rings is 1. The number of ether oxygens (including phenoxy) is 1. The Balaban J connectivity index is 1.36. The van der Waals surface area contributed by atoms with E-state index < -0.39 is 47.1 Å². The van der Waals surface area contributed by atoms with Gasteiger partial charge in [-0.05, 0) is 68.3 Å². The average molecular weight is 616 g/mol. The normalized spacial score (nSPS) is 19.4. The van der Waals surface area contributed by atoms with Crippen LogP contribution in [0.1, 0.15) is 41.4 Å². The lowest BCUT2D eigenvalue weighted by Crippen LogP contribution is -2.51. The van der Waals surface area contributed by atoms with Crippen LogP contribution in [-0.4, -0.2) is 52.3 Å². The zero-order valence-electron chi connectivity index (χ0n) is 22.6. The summed E-state index contributed by atoms with van der Waals surface area (Å²) in [7, 11) is 0. The van der Waals surface area contributed by atoms with Crippen LogP contribution in [-0.2, 0) is 15.8 Å². The Hall–Kier alpha value is -4.30. The molecule has 1 fully saturated rings. The van der Waals surface area contributed by atoms with Gasteiger partial charge in [0.1, 0.15) is 29.3 Å². The number of carbonyl (C=O) groups is 2. The molecule has 4 aromatic rings. The molecule has 3 heterocycles. The van der Waals surface area contributed by atoms with Crippen molar-refractivity contribution in [1.29, 1.82) is 0 Å². The molecule has 9 nitrogen and oxygen atoms in total. The lowest BCUT2D eigenvalue weighted by molar-refractivity contribution is -0.265. The van der Waals surface area contributed by atoms with Gasteiger partial charge in [0.25, 0.3) is 5.91 Å². The minimum atomic E-state index is -5.32. The van der Waals surface area contributed by atoms with Crippen molar-refractivity contribution in [1.82, 2.24) is 15.3 Å². The SMILES string of the molecule is C[C@]1(C(N)=O)COc2c1cc(C(O)(CNC(=O)c1ccc3nc(NC4CC4)sc3c1)C(F)(F)F)nc2-c1ccc(F)cc1. The van der Waals surface area contributed by atoms with E-state index in [0.717, 1.165) is 31.0 Å². The molecule has 43 heavy (non-hydrogen) atoms. The highest BCUT2D eigenvalue weighted by Gasteiger charge is 2.57. The number of alkyl halides is 3. The number of hydrogen-bond acceptors (Lipinski definition) is 8. The molecule has 2 amide bonds. The number of fused-ring (bicyclic) bond motifs is 2. The maximum atomic E-state index is 14.6. The maximum absolute atomic E-state index is 14.6. The molecule has 1 aliphatic heterocycles. The van der Waals surface area contributed by atoms with Crippen LogP contribution in [0, 0.1) is 5.82 Å². The Morgan fingerprint density at radius 1 is 1.14 bits per heavy atom. The Kier molecular flexibility index (Phi) is 6.80. The van der Waals surface area contributed by atoms with Crippen LogP contribution in [0.2, 0.25) is 0 Å². The van der Waals surface area contributed by atoms with Crippen molar-refractivity contribution in [3.8, 4) is 17.0 Å². The second kappa shape index (κ2) is 10.2. The summed E-state index contributed by atoms with van der Waals surface area (Å²) < 4.78 is 63.8. The van der Waals surface area contributed by atoms with E-state index in [-0.39, 0.29) is 34.7 Å². The first kappa shape index (κ1) is 28.8. The van der Waals surface area contributed by atoms with E-state index in [1.54, 1.807) is 6.07 Å². The van der Waals surface area contributed by atoms with Crippen LogP contribution in [0.15, 0.2) is 48.5 Å². The number of amides is 2. The summed E-state index contributed by atoms with van der Waals surface area (Å²) >= 11 is 1.32. The third-order valence-electron chi connectivity index (χ3n) is 7.69. The van der Waals surface area contributed by atoms with Crippen LogP contribution in [0.3, 0.4) is 0 Å². The van der Waals surface area contributed by atoms with Gasteiger partial charge in [-0.15, -0.1) is 0 Å². The molecule has 2 atom stereocenters. The Morgan fingerprint density at radius 2 is 1.86 bits per heavy atom. The molecule has 0 spiro atoms. The summed E-state index contributed by atoms with van der Waals surface area (Å²) in [4.78, 5) is 34.0. The first-order chi connectivity index (χ1) is 20.3. The van der Waals surface area contributed by atoms with E-state index in [2.05, 4.69) is 20.6 Å². The van der Waals surface area contributed by atoms with Crippen LogP contribution in [0.5, 0.6) is 5.75 Å². The minimum Gasteiger partial charge on any atom is -0.489 e. The van der Waals surface area contributed by atoms with Gasteiger partial charge in [-0.2, -0.15) is 13.2 Å². The van der Waals surface area contributed by atoms with Gasteiger partial charge >= 0.3 is 6.18 Å². The number of pyridine rings is 1. The van der Waals surface area contributed by atoms with E-state index in [9.17, 15) is 32.3 Å². The highest BCUT2D eigenvalue weighted by molar-refractivity contribution is 7.22. The molecule has 0 saturated heterocycles. The molecule has 6 rings (SSSR count). The summed E-state index contributed by atoms with van der Waals surface area (Å²) in [5.74, 6) is -2.34. The van der Waals surface area contributed by atoms with Crippen LogP contribution < -0.4 is 21.1 Å². The Labute approximate surface area is 246 Å². The predicted molar refractivity (Wildman–Crippen MR) is 150 cm³/mol. The fourth-order valence-corrected chi connectivity index (χ4v) is 5.76. The molecular weight excluding hydrogens is 590 g/mol. The topological polar surface area (TPSA) is 139 Å². The number of nitrogens with zero attached hydrogens (tertiary/aromatic N) is 2. The fourth-order valence-electron chi connectivity index (χ4n) is 4.78. The number of primary amides is 1. The number of halogens is 4. The van der Waals surface area contributed by atoms with E-state index in [1.165, 1.54) is 42.5 Å². The summed E-state index contributed by atoms with van der Waals surface area (Å²) in [6, 6.07) is 10.5. The molecule has 0 radical (unpaired) electrons. The van der Waals surface area contributed by atoms with E-state index in [1.807, 2.05) is 0 Å². The van der Waals surface area contributed by atoms with Crippen molar-refractivity contribution in [3.63, 3.8) is 0 Å². The largest absolute Gasteiger partial charge is 0.489 e. The molecule has 2 aliphatic rings. The van der Waals surface area contributed by atoms with Gasteiger partial charge in [0, 0.05) is 22.7 Å².